The van der Waals surface area contributed by atoms with E-state index in [9.17, 15) is 0 Å². The molecule has 1 heterocycles. The molecule has 0 saturated heterocycles. The molecule has 0 unspecified atom stereocenters. The van der Waals surface area contributed by atoms with Gasteiger partial charge >= 0.3 is 0 Å². The summed E-state index contributed by atoms with van der Waals surface area (Å²) in [6.45, 7) is 9.56. The van der Waals surface area contributed by atoms with Crippen LogP contribution in [0.4, 0.5) is 17.1 Å². The molecule has 0 radical (unpaired) electrons. The number of benzene rings is 8. The highest BCUT2D eigenvalue weighted by Gasteiger charge is 2.40. The van der Waals surface area contributed by atoms with Crippen molar-refractivity contribution in [3.8, 4) is 33.4 Å². The predicted octanol–water partition coefficient (Wildman–Crippen LogP) is 15.6. The van der Waals surface area contributed by atoms with Gasteiger partial charge in [-0.1, -0.05) is 163 Å². The summed E-state index contributed by atoms with van der Waals surface area (Å²) in [5.41, 5.74) is 16.6. The van der Waals surface area contributed by atoms with Gasteiger partial charge in [0, 0.05) is 47.8 Å². The fraction of sp³-hybridized carbons (Fsp3) is 0.132. The minimum absolute atomic E-state index is 0. The monoisotopic (exact) mass is 725 g/mol. The van der Waals surface area contributed by atoms with Crippen LogP contribution >= 0.6 is 11.3 Å². The summed E-state index contributed by atoms with van der Waals surface area (Å²) in [5.74, 6) is 0. The smallest absolute Gasteiger partial charge is 0.0540 e. The summed E-state index contributed by atoms with van der Waals surface area (Å²) in [5, 5.41) is 5.24. The molecule has 0 saturated carbocycles. The van der Waals surface area contributed by atoms with E-state index in [4.69, 9.17) is 0 Å². The predicted molar refractivity (Wildman–Crippen MR) is 239 cm³/mol. The van der Waals surface area contributed by atoms with Crippen LogP contribution in [0.2, 0.25) is 0 Å². The van der Waals surface area contributed by atoms with Crippen molar-refractivity contribution in [2.24, 2.45) is 0 Å². The fourth-order valence-corrected chi connectivity index (χ4v) is 11.2. The summed E-state index contributed by atoms with van der Waals surface area (Å²) < 4.78 is 2.65. The highest BCUT2D eigenvalue weighted by molar-refractivity contribution is 7.26. The number of para-hydroxylation sites is 1. The molecule has 266 valence electrons. The Morgan fingerprint density at radius 2 is 1.02 bits per heavy atom. The standard InChI is InChI=1S/C52H39NS.CH4/c1-51(2)42-23-11-7-18-35(42)37-29-28-33(31-44(37)51)53(46-26-15-22-39-36-19-8-12-24-43(36)52(3,4)49(39)46)45-25-13-9-20-38(45)41-30-32-16-5-6-17-34(32)48-40-21-10-14-27-47(40)54-50(41)48;/h5-31H,1-4H3;1H4. The number of rotatable bonds is 4. The van der Waals surface area contributed by atoms with Crippen molar-refractivity contribution in [1.82, 2.24) is 0 Å². The zero-order chi connectivity index (χ0) is 36.3. The first-order valence-corrected chi connectivity index (χ1v) is 19.8. The van der Waals surface area contributed by atoms with Crippen molar-refractivity contribution in [1.29, 1.82) is 0 Å². The lowest BCUT2D eigenvalue weighted by molar-refractivity contribution is 0.658. The first-order valence-electron chi connectivity index (χ1n) is 19.0. The maximum absolute atomic E-state index is 2.58. The van der Waals surface area contributed by atoms with Gasteiger partial charge in [0.15, 0.2) is 0 Å². The van der Waals surface area contributed by atoms with Gasteiger partial charge in [0.2, 0.25) is 0 Å². The Balaban J connectivity index is 0.00000372. The average molecular weight is 726 g/mol. The van der Waals surface area contributed by atoms with Crippen LogP contribution in [0.3, 0.4) is 0 Å². The van der Waals surface area contributed by atoms with Crippen molar-refractivity contribution < 1.29 is 0 Å². The summed E-state index contributed by atoms with van der Waals surface area (Å²) >= 11 is 1.91. The van der Waals surface area contributed by atoms with E-state index in [1.54, 1.807) is 0 Å². The highest BCUT2D eigenvalue weighted by Crippen LogP contribution is 2.57. The molecule has 9 aromatic rings. The molecule has 1 nitrogen and oxygen atoms in total. The average Bonchev–Trinajstić information content (AvgIpc) is 3.79. The van der Waals surface area contributed by atoms with Crippen LogP contribution in [-0.2, 0) is 10.8 Å². The van der Waals surface area contributed by atoms with Gasteiger partial charge in [0.25, 0.3) is 0 Å². The van der Waals surface area contributed by atoms with Gasteiger partial charge in [-0.2, -0.15) is 0 Å². The zero-order valence-electron chi connectivity index (χ0n) is 30.9. The van der Waals surface area contributed by atoms with Crippen molar-refractivity contribution in [2.45, 2.75) is 46.0 Å². The van der Waals surface area contributed by atoms with Gasteiger partial charge in [-0.25, -0.2) is 0 Å². The minimum Gasteiger partial charge on any atom is -0.310 e. The van der Waals surface area contributed by atoms with Crippen LogP contribution in [0.5, 0.6) is 0 Å². The van der Waals surface area contributed by atoms with Gasteiger partial charge in [-0.3, -0.25) is 0 Å². The van der Waals surface area contributed by atoms with Crippen LogP contribution in [0.25, 0.3) is 64.3 Å². The first kappa shape index (κ1) is 33.6. The number of hydrogen-bond donors (Lipinski definition) is 0. The Labute approximate surface area is 328 Å². The normalized spacial score (nSPS) is 14.3. The van der Waals surface area contributed by atoms with E-state index in [2.05, 4.69) is 196 Å². The van der Waals surface area contributed by atoms with E-state index >= 15 is 0 Å². The van der Waals surface area contributed by atoms with E-state index in [1.807, 2.05) is 11.3 Å². The van der Waals surface area contributed by atoms with Crippen LogP contribution in [0.1, 0.15) is 57.4 Å². The third-order valence-corrected chi connectivity index (χ3v) is 13.6. The van der Waals surface area contributed by atoms with Crippen LogP contribution in [-0.4, -0.2) is 0 Å². The van der Waals surface area contributed by atoms with E-state index in [0.29, 0.717) is 0 Å². The molecule has 0 bridgehead atoms. The molecule has 2 heteroatoms. The summed E-state index contributed by atoms with van der Waals surface area (Å²) in [6, 6.07) is 61.4. The van der Waals surface area contributed by atoms with E-state index in [1.165, 1.54) is 104 Å². The number of nitrogens with zero attached hydrogens (tertiary/aromatic N) is 1. The maximum Gasteiger partial charge on any atom is 0.0540 e. The van der Waals surface area contributed by atoms with Gasteiger partial charge < -0.3 is 4.90 Å². The summed E-state index contributed by atoms with van der Waals surface area (Å²) in [4.78, 5) is 2.58. The molecule has 11 rings (SSSR count). The van der Waals surface area contributed by atoms with Gasteiger partial charge in [0.1, 0.15) is 0 Å². The van der Waals surface area contributed by atoms with Gasteiger partial charge in [-0.05, 0) is 91.7 Å². The van der Waals surface area contributed by atoms with Gasteiger partial charge in [0.05, 0.1) is 11.4 Å². The molecule has 8 aromatic carbocycles. The number of anilines is 3. The molecular formula is C53H43NS. The molecule has 0 fully saturated rings. The molecule has 0 atom stereocenters. The Morgan fingerprint density at radius 1 is 0.436 bits per heavy atom. The number of thiophene rings is 1. The van der Waals surface area contributed by atoms with Crippen molar-refractivity contribution >= 4 is 59.3 Å². The zero-order valence-corrected chi connectivity index (χ0v) is 31.8. The SMILES string of the molecule is C.CC1(C)c2ccccc2-c2ccc(N(c3ccccc3-c3cc4ccccc4c4c3sc3ccccc34)c3cccc4c3C(C)(C)c3ccccc3-4)cc21. The molecule has 0 amide bonds. The molecule has 55 heavy (non-hydrogen) atoms. The Bertz CT molecular complexity index is 3010. The molecule has 1 aromatic heterocycles. The van der Waals surface area contributed by atoms with Gasteiger partial charge in [-0.15, -0.1) is 11.3 Å². The lowest BCUT2D eigenvalue weighted by Gasteiger charge is -2.34. The van der Waals surface area contributed by atoms with Crippen LogP contribution < -0.4 is 4.90 Å². The maximum atomic E-state index is 2.58. The highest BCUT2D eigenvalue weighted by atomic mass is 32.1. The lowest BCUT2D eigenvalue weighted by atomic mass is 9.80. The topological polar surface area (TPSA) is 3.24 Å². The summed E-state index contributed by atoms with van der Waals surface area (Å²) in [7, 11) is 0. The van der Waals surface area contributed by atoms with E-state index < -0.39 is 0 Å². The van der Waals surface area contributed by atoms with Crippen molar-refractivity contribution in [3.05, 3.63) is 186 Å². The van der Waals surface area contributed by atoms with Crippen molar-refractivity contribution in [2.75, 3.05) is 4.90 Å². The minimum atomic E-state index is -0.191. The third kappa shape index (κ3) is 4.65. The Kier molecular flexibility index (Phi) is 7.34. The quantitative estimate of drug-likeness (QED) is 0.175. The second kappa shape index (κ2) is 12.0. The third-order valence-electron chi connectivity index (χ3n) is 12.4. The molecular weight excluding hydrogens is 683 g/mol. The molecule has 0 spiro atoms. The fourth-order valence-electron chi connectivity index (χ4n) is 9.92. The Morgan fingerprint density at radius 3 is 1.82 bits per heavy atom. The van der Waals surface area contributed by atoms with E-state index in [-0.39, 0.29) is 18.3 Å². The lowest BCUT2D eigenvalue weighted by Crippen LogP contribution is -2.21. The second-order valence-electron chi connectivity index (χ2n) is 16.1. The largest absolute Gasteiger partial charge is 0.310 e. The van der Waals surface area contributed by atoms with E-state index in [0.717, 1.165) is 0 Å². The first-order chi connectivity index (χ1) is 26.3. The van der Waals surface area contributed by atoms with Crippen molar-refractivity contribution in [3.63, 3.8) is 0 Å². The molecule has 0 aliphatic heterocycles. The Hall–Kier alpha value is -5.96. The number of hydrogen-bond acceptors (Lipinski definition) is 2. The van der Waals surface area contributed by atoms with Crippen LogP contribution in [0, 0.1) is 0 Å². The number of fused-ring (bicyclic) bond motifs is 11. The molecule has 2 aliphatic rings. The molecule has 0 N–H and O–H groups in total. The molecule has 2 aliphatic carbocycles. The van der Waals surface area contributed by atoms with Crippen LogP contribution in [0.15, 0.2) is 164 Å². The summed E-state index contributed by atoms with van der Waals surface area (Å²) in [6.07, 6.45) is 0. The second-order valence-corrected chi connectivity index (χ2v) is 17.1.